The fourth-order valence-corrected chi connectivity index (χ4v) is 5.01. The van der Waals surface area contributed by atoms with Crippen molar-refractivity contribution in [1.29, 1.82) is 0 Å². The van der Waals surface area contributed by atoms with Crippen molar-refractivity contribution in [1.82, 2.24) is 19.0 Å². The predicted molar refractivity (Wildman–Crippen MR) is 131 cm³/mol. The molecule has 11 nitrogen and oxygen atoms in total. The summed E-state index contributed by atoms with van der Waals surface area (Å²) in [5, 5.41) is 14.8. The molecule has 1 aromatic carbocycles. The van der Waals surface area contributed by atoms with Crippen molar-refractivity contribution in [2.45, 2.75) is 76.8 Å². The van der Waals surface area contributed by atoms with Gasteiger partial charge >= 0.3 is 23.3 Å². The minimum Gasteiger partial charge on any atom is -0.473 e. The molecule has 0 aliphatic carbocycles. The minimum absolute atomic E-state index is 0.0608. The molecule has 2 fully saturated rings. The third-order valence-corrected chi connectivity index (χ3v) is 7.04. The van der Waals surface area contributed by atoms with Gasteiger partial charge in [-0.1, -0.05) is 24.3 Å². The molecular weight excluding hydrogens is 506 g/mol. The molecule has 38 heavy (non-hydrogen) atoms. The summed E-state index contributed by atoms with van der Waals surface area (Å²) in [6.45, 7) is 1.32. The zero-order valence-corrected chi connectivity index (χ0v) is 21.3. The van der Waals surface area contributed by atoms with Gasteiger partial charge in [-0.25, -0.2) is 32.5 Å². The van der Waals surface area contributed by atoms with E-state index in [-0.39, 0.29) is 31.3 Å². The van der Waals surface area contributed by atoms with Crippen molar-refractivity contribution in [3.63, 3.8) is 0 Å². The van der Waals surface area contributed by atoms with Crippen LogP contribution in [0.4, 0.5) is 8.78 Å². The van der Waals surface area contributed by atoms with Gasteiger partial charge in [0.25, 0.3) is 0 Å². The third kappa shape index (κ3) is 7.10. The SMILES string of the molecule is Cc1nc(=O)n(C[C@H](F)CN2C3CCC2CC(OCc2ccccc2CF)C3)c(=O)n1C.O=C(O)C(=O)O. The van der Waals surface area contributed by atoms with Crippen molar-refractivity contribution in [3.05, 3.63) is 62.2 Å². The highest BCUT2D eigenvalue weighted by Gasteiger charge is 2.42. The zero-order valence-electron chi connectivity index (χ0n) is 21.3. The third-order valence-electron chi connectivity index (χ3n) is 7.04. The van der Waals surface area contributed by atoms with Crippen molar-refractivity contribution in [2.24, 2.45) is 7.05 Å². The number of aryl methyl sites for hydroxylation is 1. The number of carbonyl (C=O) groups is 2. The van der Waals surface area contributed by atoms with Crippen LogP contribution in [0.15, 0.2) is 33.9 Å². The Hall–Kier alpha value is -3.45. The molecule has 3 heterocycles. The summed E-state index contributed by atoms with van der Waals surface area (Å²) >= 11 is 0. The Morgan fingerprint density at radius 2 is 1.66 bits per heavy atom. The fourth-order valence-electron chi connectivity index (χ4n) is 5.01. The number of halogens is 2. The van der Waals surface area contributed by atoms with Crippen LogP contribution >= 0.6 is 0 Å². The summed E-state index contributed by atoms with van der Waals surface area (Å²) in [6, 6.07) is 7.79. The molecule has 4 rings (SSSR count). The second-order valence-corrected chi connectivity index (χ2v) is 9.49. The van der Waals surface area contributed by atoms with Gasteiger partial charge in [0.2, 0.25) is 0 Å². The smallest absolute Gasteiger partial charge is 0.414 e. The van der Waals surface area contributed by atoms with Crippen LogP contribution in [-0.4, -0.2) is 72.1 Å². The maximum Gasteiger partial charge on any atom is 0.414 e. The first kappa shape index (κ1) is 29.1. The van der Waals surface area contributed by atoms with Gasteiger partial charge in [0.05, 0.1) is 19.3 Å². The largest absolute Gasteiger partial charge is 0.473 e. The van der Waals surface area contributed by atoms with E-state index < -0.39 is 36.2 Å². The van der Waals surface area contributed by atoms with E-state index in [0.717, 1.165) is 35.8 Å². The molecule has 2 aliphatic rings. The van der Waals surface area contributed by atoms with Gasteiger partial charge in [-0.15, -0.1) is 0 Å². The molecule has 2 bridgehead atoms. The molecule has 2 N–H and O–H groups in total. The quantitative estimate of drug-likeness (QED) is 0.477. The Morgan fingerprint density at radius 3 is 2.21 bits per heavy atom. The lowest BCUT2D eigenvalue weighted by atomic mass is 9.99. The normalized spacial score (nSPS) is 21.4. The number of nitrogens with zero attached hydrogens (tertiary/aromatic N) is 4. The minimum atomic E-state index is -1.82. The molecule has 0 spiro atoms. The highest BCUT2D eigenvalue weighted by molar-refractivity contribution is 6.27. The van der Waals surface area contributed by atoms with Crippen molar-refractivity contribution in [3.8, 4) is 0 Å². The van der Waals surface area contributed by atoms with E-state index in [9.17, 15) is 18.4 Å². The summed E-state index contributed by atoms with van der Waals surface area (Å²) in [5.41, 5.74) is 0.262. The Morgan fingerprint density at radius 1 is 1.08 bits per heavy atom. The van der Waals surface area contributed by atoms with Crippen LogP contribution in [0.3, 0.4) is 0 Å². The number of alkyl halides is 2. The molecule has 0 saturated carbocycles. The van der Waals surface area contributed by atoms with Crippen LogP contribution in [0.5, 0.6) is 0 Å². The van der Waals surface area contributed by atoms with Gasteiger partial charge in [-0.3, -0.25) is 9.47 Å². The maximum atomic E-state index is 14.9. The Labute approximate surface area is 217 Å². The molecule has 2 unspecified atom stereocenters. The molecule has 13 heteroatoms. The highest BCUT2D eigenvalue weighted by Crippen LogP contribution is 2.37. The molecule has 2 aliphatic heterocycles. The van der Waals surface area contributed by atoms with Gasteiger partial charge in [-0.05, 0) is 43.7 Å². The number of aliphatic carboxylic acids is 2. The Kier molecular flexibility index (Phi) is 9.86. The molecule has 208 valence electrons. The van der Waals surface area contributed by atoms with Crippen molar-refractivity contribution < 1.29 is 33.3 Å². The van der Waals surface area contributed by atoms with Gasteiger partial charge in [0.15, 0.2) is 0 Å². The van der Waals surface area contributed by atoms with Crippen LogP contribution in [0.25, 0.3) is 0 Å². The van der Waals surface area contributed by atoms with Crippen LogP contribution in [-0.2, 0) is 41.2 Å². The van der Waals surface area contributed by atoms with Crippen LogP contribution in [0, 0.1) is 6.92 Å². The zero-order chi connectivity index (χ0) is 28.0. The van der Waals surface area contributed by atoms with E-state index in [0.29, 0.717) is 18.0 Å². The van der Waals surface area contributed by atoms with Crippen molar-refractivity contribution in [2.75, 3.05) is 6.54 Å². The van der Waals surface area contributed by atoms with Gasteiger partial charge < -0.3 is 14.9 Å². The lowest BCUT2D eigenvalue weighted by molar-refractivity contribution is -0.159. The molecule has 2 aromatic rings. The number of rotatable bonds is 8. The number of carboxylic acids is 2. The first-order chi connectivity index (χ1) is 18.0. The first-order valence-electron chi connectivity index (χ1n) is 12.3. The molecule has 0 amide bonds. The second-order valence-electron chi connectivity index (χ2n) is 9.49. The topological polar surface area (TPSA) is 144 Å². The lowest BCUT2D eigenvalue weighted by Gasteiger charge is -2.39. The van der Waals surface area contributed by atoms with Crippen LogP contribution < -0.4 is 11.4 Å². The van der Waals surface area contributed by atoms with Gasteiger partial charge in [0.1, 0.15) is 18.7 Å². The fraction of sp³-hybridized carbons (Fsp3) is 0.560. The van der Waals surface area contributed by atoms with E-state index in [1.807, 2.05) is 18.2 Å². The van der Waals surface area contributed by atoms with Gasteiger partial charge in [-0.2, -0.15) is 4.98 Å². The number of piperidine rings is 1. The lowest BCUT2D eigenvalue weighted by Crippen LogP contribution is -2.50. The summed E-state index contributed by atoms with van der Waals surface area (Å²) in [5.74, 6) is -3.34. The average Bonchev–Trinajstić information content (AvgIpc) is 3.10. The predicted octanol–water partition coefficient (Wildman–Crippen LogP) is 1.43. The summed E-state index contributed by atoms with van der Waals surface area (Å²) in [4.78, 5) is 48.6. The summed E-state index contributed by atoms with van der Waals surface area (Å²) < 4.78 is 36.3. The number of benzene rings is 1. The Bertz CT molecular complexity index is 1240. The monoisotopic (exact) mass is 538 g/mol. The summed E-state index contributed by atoms with van der Waals surface area (Å²) in [7, 11) is 1.52. The molecule has 2 saturated heterocycles. The maximum absolute atomic E-state index is 14.9. The number of fused-ring (bicyclic) bond motifs is 2. The second kappa shape index (κ2) is 12.9. The first-order valence-corrected chi connectivity index (χ1v) is 12.3. The van der Waals surface area contributed by atoms with E-state index in [2.05, 4.69) is 9.88 Å². The molecular formula is C25H32F2N4O7. The van der Waals surface area contributed by atoms with Crippen LogP contribution in [0.1, 0.15) is 42.6 Å². The van der Waals surface area contributed by atoms with Crippen molar-refractivity contribution >= 4 is 11.9 Å². The highest BCUT2D eigenvalue weighted by atomic mass is 19.1. The molecule has 1 aromatic heterocycles. The molecule has 3 atom stereocenters. The number of carboxylic acid groups (broad SMARTS) is 2. The number of hydrogen-bond donors (Lipinski definition) is 2. The number of hydrogen-bond acceptors (Lipinski definition) is 7. The number of ether oxygens (including phenoxy) is 1. The Balaban J connectivity index is 0.000000599. The van der Waals surface area contributed by atoms with E-state index in [1.54, 1.807) is 13.0 Å². The van der Waals surface area contributed by atoms with E-state index in [4.69, 9.17) is 24.5 Å². The van der Waals surface area contributed by atoms with Crippen LogP contribution in [0.2, 0.25) is 0 Å². The number of aromatic nitrogens is 3. The van der Waals surface area contributed by atoms with E-state index >= 15 is 0 Å². The average molecular weight is 539 g/mol. The molecule has 0 radical (unpaired) electrons. The van der Waals surface area contributed by atoms with Gasteiger partial charge in [0, 0.05) is 25.7 Å². The summed E-state index contributed by atoms with van der Waals surface area (Å²) in [6.07, 6.45) is 2.27. The standard InChI is InChI=1S/C23H30F2N4O3.C2H2O4/c1-15-26-22(30)29(23(31)27(15)2)13-18(25)12-28-19-7-8-20(28)10-21(9-19)32-14-17-6-4-3-5-16(17)11-24;3-1(4)2(5)6/h3-6,18-21H,7-14H2,1-2H3;(H,3,4)(H,5,6)/t18-,19?,20?,21?;/m1./s1. The van der Waals surface area contributed by atoms with E-state index in [1.165, 1.54) is 11.6 Å².